The molecule has 5 heteroatoms. The smallest absolute Gasteiger partial charge is 0.245 e. The summed E-state index contributed by atoms with van der Waals surface area (Å²) in [6, 6.07) is -0.767. The zero-order valence-corrected chi connectivity index (χ0v) is 10.3. The molecule has 0 aliphatic carbocycles. The Morgan fingerprint density at radius 2 is 2.12 bits per heavy atom. The van der Waals surface area contributed by atoms with Crippen LogP contribution in [0.5, 0.6) is 0 Å². The Kier molecular flexibility index (Phi) is 7.54. The molecule has 0 heterocycles. The van der Waals surface area contributed by atoms with Crippen molar-refractivity contribution in [2.24, 2.45) is 5.92 Å². The van der Waals surface area contributed by atoms with Crippen LogP contribution in [-0.4, -0.2) is 35.2 Å². The molecular weight excluding hydrogens is 208 g/mol. The van der Waals surface area contributed by atoms with Gasteiger partial charge in [-0.1, -0.05) is 33.6 Å². The SMILES string of the molecule is CCCC[C@H](C(=O)NCC(C)C)N(O)C=O. The predicted molar refractivity (Wildman–Crippen MR) is 60.9 cm³/mol. The van der Waals surface area contributed by atoms with Crippen LogP contribution < -0.4 is 5.32 Å². The molecule has 0 radical (unpaired) electrons. The standard InChI is InChI=1S/C11H22N2O3/c1-4-5-6-10(13(16)8-14)11(15)12-7-9(2)3/h8-10,16H,4-7H2,1-3H3,(H,12,15)/t10-/m1/s1. The lowest BCUT2D eigenvalue weighted by atomic mass is 10.1. The Labute approximate surface area is 96.8 Å². The highest BCUT2D eigenvalue weighted by atomic mass is 16.5. The van der Waals surface area contributed by atoms with E-state index in [1.807, 2.05) is 20.8 Å². The minimum atomic E-state index is -0.767. The lowest BCUT2D eigenvalue weighted by molar-refractivity contribution is -0.168. The number of nitrogens with zero attached hydrogens (tertiary/aromatic N) is 1. The third-order valence-corrected chi connectivity index (χ3v) is 2.25. The Hall–Kier alpha value is -1.10. The zero-order chi connectivity index (χ0) is 12.6. The van der Waals surface area contributed by atoms with Crippen molar-refractivity contribution in [3.8, 4) is 0 Å². The van der Waals surface area contributed by atoms with E-state index in [0.717, 1.165) is 12.8 Å². The van der Waals surface area contributed by atoms with E-state index in [2.05, 4.69) is 5.32 Å². The summed E-state index contributed by atoms with van der Waals surface area (Å²) in [4.78, 5) is 22.1. The maximum Gasteiger partial charge on any atom is 0.245 e. The Bertz CT molecular complexity index is 219. The van der Waals surface area contributed by atoms with Crippen molar-refractivity contribution in [3.05, 3.63) is 0 Å². The highest BCUT2D eigenvalue weighted by Gasteiger charge is 2.23. The molecule has 0 saturated carbocycles. The topological polar surface area (TPSA) is 69.6 Å². The van der Waals surface area contributed by atoms with Gasteiger partial charge < -0.3 is 5.32 Å². The van der Waals surface area contributed by atoms with Crippen molar-refractivity contribution in [1.29, 1.82) is 0 Å². The van der Waals surface area contributed by atoms with Gasteiger partial charge in [0, 0.05) is 6.54 Å². The molecule has 2 N–H and O–H groups in total. The van der Waals surface area contributed by atoms with Gasteiger partial charge in [0.15, 0.2) is 0 Å². The maximum atomic E-state index is 11.7. The van der Waals surface area contributed by atoms with Crippen LogP contribution in [0.2, 0.25) is 0 Å². The fourth-order valence-electron chi connectivity index (χ4n) is 1.28. The largest absolute Gasteiger partial charge is 0.354 e. The molecule has 0 saturated heterocycles. The summed E-state index contributed by atoms with van der Waals surface area (Å²) in [7, 11) is 0. The first kappa shape index (κ1) is 14.9. The van der Waals surface area contributed by atoms with Gasteiger partial charge in [0.05, 0.1) is 0 Å². The second kappa shape index (κ2) is 8.10. The van der Waals surface area contributed by atoms with Gasteiger partial charge in [-0.15, -0.1) is 0 Å². The number of hydroxylamine groups is 2. The first-order valence-electron chi connectivity index (χ1n) is 5.73. The third-order valence-electron chi connectivity index (χ3n) is 2.25. The average Bonchev–Trinajstić information content (AvgIpc) is 2.26. The molecule has 2 amide bonds. The number of hydrogen-bond acceptors (Lipinski definition) is 3. The van der Waals surface area contributed by atoms with Crippen molar-refractivity contribution in [3.63, 3.8) is 0 Å². The number of hydrogen-bond donors (Lipinski definition) is 2. The van der Waals surface area contributed by atoms with Crippen LogP contribution in [-0.2, 0) is 9.59 Å². The van der Waals surface area contributed by atoms with E-state index in [0.29, 0.717) is 23.9 Å². The van der Waals surface area contributed by atoms with Crippen LogP contribution in [0.4, 0.5) is 0 Å². The van der Waals surface area contributed by atoms with E-state index in [4.69, 9.17) is 0 Å². The Morgan fingerprint density at radius 3 is 2.56 bits per heavy atom. The number of nitrogens with one attached hydrogen (secondary N) is 1. The van der Waals surface area contributed by atoms with E-state index in [1.165, 1.54) is 0 Å². The minimum absolute atomic E-state index is 0.273. The van der Waals surface area contributed by atoms with Crippen LogP contribution in [0.15, 0.2) is 0 Å². The Morgan fingerprint density at radius 1 is 1.50 bits per heavy atom. The van der Waals surface area contributed by atoms with Crippen LogP contribution in [0, 0.1) is 5.92 Å². The summed E-state index contributed by atoms with van der Waals surface area (Å²) in [5.74, 6) is 0.0518. The van der Waals surface area contributed by atoms with Crippen molar-refractivity contribution < 1.29 is 14.8 Å². The van der Waals surface area contributed by atoms with Gasteiger partial charge in [0.25, 0.3) is 0 Å². The molecular formula is C11H22N2O3. The van der Waals surface area contributed by atoms with E-state index in [9.17, 15) is 14.8 Å². The van der Waals surface area contributed by atoms with Gasteiger partial charge in [-0.2, -0.15) is 0 Å². The summed E-state index contributed by atoms with van der Waals surface area (Å²) in [6.45, 7) is 6.51. The Balaban J connectivity index is 4.25. The lowest BCUT2D eigenvalue weighted by Crippen LogP contribution is -2.45. The van der Waals surface area contributed by atoms with E-state index < -0.39 is 6.04 Å². The number of carbonyl (C=O) groups excluding carboxylic acids is 2. The van der Waals surface area contributed by atoms with Gasteiger partial charge in [-0.05, 0) is 12.3 Å². The quantitative estimate of drug-likeness (QED) is 0.373. The van der Waals surface area contributed by atoms with E-state index >= 15 is 0 Å². The normalized spacial score (nSPS) is 12.3. The molecule has 16 heavy (non-hydrogen) atoms. The van der Waals surface area contributed by atoms with Gasteiger partial charge >= 0.3 is 0 Å². The highest BCUT2D eigenvalue weighted by Crippen LogP contribution is 2.06. The van der Waals surface area contributed by atoms with Crippen LogP contribution in [0.3, 0.4) is 0 Å². The van der Waals surface area contributed by atoms with Crippen molar-refractivity contribution in [1.82, 2.24) is 10.4 Å². The molecule has 0 fully saturated rings. The fourth-order valence-corrected chi connectivity index (χ4v) is 1.28. The molecule has 0 aliphatic rings. The summed E-state index contributed by atoms with van der Waals surface area (Å²) in [6.07, 6.45) is 2.47. The molecule has 0 aromatic carbocycles. The van der Waals surface area contributed by atoms with Gasteiger partial charge in [-0.25, -0.2) is 5.06 Å². The van der Waals surface area contributed by atoms with Gasteiger partial charge in [0.2, 0.25) is 12.3 Å². The summed E-state index contributed by atoms with van der Waals surface area (Å²) in [5.41, 5.74) is 0. The fraction of sp³-hybridized carbons (Fsp3) is 0.818. The van der Waals surface area contributed by atoms with Gasteiger partial charge in [0.1, 0.15) is 6.04 Å². The summed E-state index contributed by atoms with van der Waals surface area (Å²) in [5, 5.41) is 12.4. The molecule has 0 spiro atoms. The molecule has 94 valence electrons. The van der Waals surface area contributed by atoms with Crippen LogP contribution in [0.1, 0.15) is 40.0 Å². The number of rotatable bonds is 8. The third kappa shape index (κ3) is 5.70. The van der Waals surface area contributed by atoms with Crippen molar-refractivity contribution >= 4 is 12.3 Å². The monoisotopic (exact) mass is 230 g/mol. The molecule has 0 rings (SSSR count). The molecule has 0 aromatic heterocycles. The van der Waals surface area contributed by atoms with Crippen molar-refractivity contribution in [2.45, 2.75) is 46.1 Å². The number of amides is 2. The second-order valence-corrected chi connectivity index (χ2v) is 4.28. The highest BCUT2D eigenvalue weighted by molar-refractivity contribution is 5.83. The second-order valence-electron chi connectivity index (χ2n) is 4.28. The average molecular weight is 230 g/mol. The van der Waals surface area contributed by atoms with Crippen LogP contribution in [0.25, 0.3) is 0 Å². The first-order valence-corrected chi connectivity index (χ1v) is 5.73. The first-order chi connectivity index (χ1) is 7.52. The van der Waals surface area contributed by atoms with E-state index in [-0.39, 0.29) is 12.3 Å². The van der Waals surface area contributed by atoms with Gasteiger partial charge in [-0.3, -0.25) is 14.8 Å². The number of unbranched alkanes of at least 4 members (excludes halogenated alkanes) is 1. The molecule has 0 aromatic rings. The van der Waals surface area contributed by atoms with Crippen molar-refractivity contribution in [2.75, 3.05) is 6.54 Å². The maximum absolute atomic E-state index is 11.7. The zero-order valence-electron chi connectivity index (χ0n) is 10.3. The predicted octanol–water partition coefficient (Wildman–Crippen LogP) is 1.16. The lowest BCUT2D eigenvalue weighted by Gasteiger charge is -2.22. The number of carbonyl (C=O) groups is 2. The molecule has 1 atom stereocenters. The molecule has 0 unspecified atom stereocenters. The molecule has 5 nitrogen and oxygen atoms in total. The minimum Gasteiger partial charge on any atom is -0.354 e. The summed E-state index contributed by atoms with van der Waals surface area (Å²) < 4.78 is 0. The summed E-state index contributed by atoms with van der Waals surface area (Å²) >= 11 is 0. The molecule has 0 bridgehead atoms. The van der Waals surface area contributed by atoms with E-state index in [1.54, 1.807) is 0 Å². The molecule has 0 aliphatic heterocycles. The van der Waals surface area contributed by atoms with Crippen LogP contribution >= 0.6 is 0 Å².